The first kappa shape index (κ1) is 9.92. The van der Waals surface area contributed by atoms with Gasteiger partial charge in [0.2, 0.25) is 5.88 Å². The van der Waals surface area contributed by atoms with E-state index >= 15 is 0 Å². The van der Waals surface area contributed by atoms with Crippen LogP contribution in [0.25, 0.3) is 0 Å². The molecule has 0 fully saturated rings. The summed E-state index contributed by atoms with van der Waals surface area (Å²) in [5.41, 5.74) is 2.62. The van der Waals surface area contributed by atoms with Crippen LogP contribution in [0.2, 0.25) is 5.02 Å². The topological polar surface area (TPSA) is 63.6 Å². The summed E-state index contributed by atoms with van der Waals surface area (Å²) >= 11 is 5.78. The number of hydrogen-bond donors (Lipinski definition) is 1. The minimum atomic E-state index is -0.442. The van der Waals surface area contributed by atoms with E-state index in [1.165, 1.54) is 6.20 Å². The lowest BCUT2D eigenvalue weighted by molar-refractivity contribution is -0.136. The predicted molar refractivity (Wildman–Crippen MR) is 54.9 cm³/mol. The highest BCUT2D eigenvalue weighted by Gasteiger charge is 2.23. The van der Waals surface area contributed by atoms with Crippen molar-refractivity contribution in [1.29, 1.82) is 0 Å². The molecule has 0 aliphatic carbocycles. The molecule has 0 bridgehead atoms. The third-order valence-electron chi connectivity index (χ3n) is 1.87. The number of hydrogen-bond acceptors (Lipinski definition) is 5. The summed E-state index contributed by atoms with van der Waals surface area (Å²) in [5.74, 6) is -0.314. The number of ether oxygens (including phenoxy) is 1. The summed E-state index contributed by atoms with van der Waals surface area (Å²) < 4.78 is 5.00. The average Bonchev–Trinajstić information content (AvgIpc) is 2.74. The molecule has 15 heavy (non-hydrogen) atoms. The van der Waals surface area contributed by atoms with Gasteiger partial charge in [0.05, 0.1) is 0 Å². The van der Waals surface area contributed by atoms with E-state index in [1.807, 2.05) is 0 Å². The number of halogens is 1. The summed E-state index contributed by atoms with van der Waals surface area (Å²) in [5, 5.41) is 4.03. The van der Waals surface area contributed by atoms with Crippen molar-refractivity contribution < 1.29 is 9.53 Å². The van der Waals surface area contributed by atoms with Crippen molar-refractivity contribution in [3.05, 3.63) is 23.4 Å². The van der Waals surface area contributed by atoms with Crippen LogP contribution in [0.4, 0.5) is 0 Å². The molecule has 1 aromatic heterocycles. The molecule has 1 atom stereocenters. The van der Waals surface area contributed by atoms with Gasteiger partial charge in [0.25, 0.3) is 0 Å². The van der Waals surface area contributed by atoms with Crippen LogP contribution in [0.1, 0.15) is 6.42 Å². The highest BCUT2D eigenvalue weighted by molar-refractivity contribution is 6.31. The lowest BCUT2D eigenvalue weighted by Crippen LogP contribution is -2.33. The monoisotopic (exact) mass is 225 g/mol. The maximum absolute atomic E-state index is 11.5. The lowest BCUT2D eigenvalue weighted by atomic mass is 10.2. The van der Waals surface area contributed by atoms with Crippen LogP contribution in [0.15, 0.2) is 23.4 Å². The van der Waals surface area contributed by atoms with Crippen molar-refractivity contribution in [2.24, 2.45) is 5.10 Å². The Kier molecular flexibility index (Phi) is 2.82. The fourth-order valence-electron chi connectivity index (χ4n) is 1.12. The molecular weight excluding hydrogens is 218 g/mol. The van der Waals surface area contributed by atoms with Gasteiger partial charge in [-0.1, -0.05) is 11.6 Å². The summed E-state index contributed by atoms with van der Waals surface area (Å²) in [6.45, 7) is 0. The largest absolute Gasteiger partial charge is 0.404 e. The van der Waals surface area contributed by atoms with E-state index in [4.69, 9.17) is 16.3 Å². The molecule has 0 saturated heterocycles. The van der Waals surface area contributed by atoms with Crippen LogP contribution in [0.3, 0.4) is 0 Å². The van der Waals surface area contributed by atoms with Crippen LogP contribution in [-0.4, -0.2) is 23.2 Å². The number of nitrogens with one attached hydrogen (secondary N) is 1. The number of aromatic nitrogens is 1. The van der Waals surface area contributed by atoms with Gasteiger partial charge in [-0.25, -0.2) is 9.78 Å². The second-order valence-corrected chi connectivity index (χ2v) is 3.35. The maximum atomic E-state index is 11.5. The maximum Gasteiger partial charge on any atom is 0.337 e. The Labute approximate surface area is 91.1 Å². The molecule has 2 rings (SSSR count). The van der Waals surface area contributed by atoms with Gasteiger partial charge in [0.15, 0.2) is 0 Å². The second-order valence-electron chi connectivity index (χ2n) is 2.94. The summed E-state index contributed by atoms with van der Waals surface area (Å²) in [4.78, 5) is 15.3. The van der Waals surface area contributed by atoms with Gasteiger partial charge < -0.3 is 4.74 Å². The van der Waals surface area contributed by atoms with Crippen molar-refractivity contribution in [3.63, 3.8) is 0 Å². The van der Waals surface area contributed by atoms with Crippen molar-refractivity contribution in [2.75, 3.05) is 0 Å². The molecule has 1 N–H and O–H groups in total. The molecule has 0 amide bonds. The van der Waals surface area contributed by atoms with E-state index in [0.717, 1.165) is 0 Å². The summed E-state index contributed by atoms with van der Waals surface area (Å²) in [6, 6.07) is 2.83. The third-order valence-corrected chi connectivity index (χ3v) is 2.16. The molecule has 1 aliphatic heterocycles. The third kappa shape index (κ3) is 2.24. The molecule has 1 aliphatic rings. The molecule has 5 nitrogen and oxygen atoms in total. The van der Waals surface area contributed by atoms with Crippen LogP contribution in [0.5, 0.6) is 5.88 Å². The standard InChI is InChI=1S/C9H8ClN3O2/c10-6-2-1-4-11-8(6)15-9(14)7-3-5-12-13-7/h1-2,4-5,7,13H,3H2. The highest BCUT2D eigenvalue weighted by Crippen LogP contribution is 2.20. The van der Waals surface area contributed by atoms with Gasteiger partial charge in [0, 0.05) is 18.8 Å². The predicted octanol–water partition coefficient (Wildman–Crippen LogP) is 0.988. The van der Waals surface area contributed by atoms with E-state index in [1.54, 1.807) is 18.3 Å². The molecule has 0 spiro atoms. The Bertz CT molecular complexity index is 400. The molecule has 1 unspecified atom stereocenters. The van der Waals surface area contributed by atoms with Gasteiger partial charge >= 0.3 is 5.97 Å². The van der Waals surface area contributed by atoms with Gasteiger partial charge in [-0.3, -0.25) is 5.43 Å². The molecule has 2 heterocycles. The van der Waals surface area contributed by atoms with E-state index in [9.17, 15) is 4.79 Å². The minimum Gasteiger partial charge on any atom is -0.404 e. The Balaban J connectivity index is 2.02. The van der Waals surface area contributed by atoms with E-state index in [0.29, 0.717) is 11.4 Å². The van der Waals surface area contributed by atoms with Gasteiger partial charge in [-0.05, 0) is 12.1 Å². The van der Waals surface area contributed by atoms with Crippen molar-refractivity contribution >= 4 is 23.8 Å². The number of esters is 1. The molecule has 0 aromatic carbocycles. The Morgan fingerprint density at radius 1 is 1.67 bits per heavy atom. The van der Waals surface area contributed by atoms with Gasteiger partial charge in [0.1, 0.15) is 11.1 Å². The highest BCUT2D eigenvalue weighted by atomic mass is 35.5. The number of nitrogens with zero attached hydrogens (tertiary/aromatic N) is 2. The second kappa shape index (κ2) is 4.27. The Morgan fingerprint density at radius 2 is 2.53 bits per heavy atom. The molecule has 6 heteroatoms. The quantitative estimate of drug-likeness (QED) is 0.763. The van der Waals surface area contributed by atoms with Crippen molar-refractivity contribution in [2.45, 2.75) is 12.5 Å². The molecular formula is C9H8ClN3O2. The van der Waals surface area contributed by atoms with E-state index < -0.39 is 12.0 Å². The lowest BCUT2D eigenvalue weighted by Gasteiger charge is -2.09. The van der Waals surface area contributed by atoms with Crippen molar-refractivity contribution in [1.82, 2.24) is 10.4 Å². The zero-order valence-corrected chi connectivity index (χ0v) is 8.44. The molecule has 1 aromatic rings. The number of hydrazone groups is 1. The average molecular weight is 226 g/mol. The first-order valence-corrected chi connectivity index (χ1v) is 4.74. The Hall–Kier alpha value is -1.62. The molecule has 0 radical (unpaired) electrons. The van der Waals surface area contributed by atoms with Crippen LogP contribution < -0.4 is 10.2 Å². The number of rotatable bonds is 2. The van der Waals surface area contributed by atoms with E-state index in [-0.39, 0.29) is 5.88 Å². The van der Waals surface area contributed by atoms with Crippen molar-refractivity contribution in [3.8, 4) is 5.88 Å². The summed E-state index contributed by atoms with van der Waals surface area (Å²) in [6.07, 6.45) is 3.64. The molecule has 78 valence electrons. The van der Waals surface area contributed by atoms with Crippen LogP contribution in [0, 0.1) is 0 Å². The zero-order valence-electron chi connectivity index (χ0n) is 7.68. The Morgan fingerprint density at radius 3 is 3.20 bits per heavy atom. The number of carbonyl (C=O) groups is 1. The normalized spacial score (nSPS) is 18.6. The van der Waals surface area contributed by atoms with Gasteiger partial charge in [-0.15, -0.1) is 0 Å². The van der Waals surface area contributed by atoms with E-state index in [2.05, 4.69) is 15.5 Å². The smallest absolute Gasteiger partial charge is 0.337 e. The SMILES string of the molecule is O=C(Oc1ncccc1Cl)C1CC=NN1. The number of pyridine rings is 1. The minimum absolute atomic E-state index is 0.123. The first-order chi connectivity index (χ1) is 7.27. The summed E-state index contributed by atoms with van der Waals surface area (Å²) in [7, 11) is 0. The number of carbonyl (C=O) groups excluding carboxylic acids is 1. The van der Waals surface area contributed by atoms with Crippen LogP contribution >= 0.6 is 11.6 Å². The zero-order chi connectivity index (χ0) is 10.7. The fraction of sp³-hybridized carbons (Fsp3) is 0.222. The molecule has 0 saturated carbocycles. The van der Waals surface area contributed by atoms with Gasteiger partial charge in [-0.2, -0.15) is 5.10 Å². The van der Waals surface area contributed by atoms with Crippen LogP contribution in [-0.2, 0) is 4.79 Å². The first-order valence-electron chi connectivity index (χ1n) is 4.36. The fourth-order valence-corrected chi connectivity index (χ4v) is 1.28.